The topological polar surface area (TPSA) is 113 Å². The number of nitrogens with zero attached hydrogens (tertiary/aromatic N) is 5. The summed E-state index contributed by atoms with van der Waals surface area (Å²) < 4.78 is 18.1. The van der Waals surface area contributed by atoms with Gasteiger partial charge in [0.15, 0.2) is 11.8 Å². The van der Waals surface area contributed by atoms with Crippen molar-refractivity contribution in [2.24, 2.45) is 0 Å². The summed E-state index contributed by atoms with van der Waals surface area (Å²) in [4.78, 5) is 21.0. The van der Waals surface area contributed by atoms with E-state index in [2.05, 4.69) is 25.2 Å². The number of anilines is 2. The molecule has 0 spiro atoms. The first kappa shape index (κ1) is 19.6. The van der Waals surface area contributed by atoms with Gasteiger partial charge < -0.3 is 20.1 Å². The van der Waals surface area contributed by atoms with Crippen molar-refractivity contribution >= 4 is 34.2 Å². The number of aromatic nitrogens is 4. The first-order chi connectivity index (χ1) is 15.0. The van der Waals surface area contributed by atoms with Gasteiger partial charge in [0, 0.05) is 30.4 Å². The minimum Gasteiger partial charge on any atom is -0.463 e. The maximum Gasteiger partial charge on any atom is 0.238 e. The smallest absolute Gasteiger partial charge is 0.238 e. The van der Waals surface area contributed by atoms with E-state index in [1.165, 1.54) is 0 Å². The third-order valence-electron chi connectivity index (χ3n) is 7.03. The van der Waals surface area contributed by atoms with Crippen LogP contribution in [-0.2, 0) is 10.8 Å². The maximum absolute atomic E-state index is 12.5. The van der Waals surface area contributed by atoms with Crippen LogP contribution in [0.4, 0.5) is 11.8 Å². The van der Waals surface area contributed by atoms with Crippen LogP contribution in [0, 0.1) is 0 Å². The van der Waals surface area contributed by atoms with Gasteiger partial charge in [-0.15, -0.1) is 0 Å². The average Bonchev–Trinajstić information content (AvgIpc) is 3.12. The molecule has 2 aliphatic carbocycles. The summed E-state index contributed by atoms with van der Waals surface area (Å²) in [5.74, 6) is 2.75. The van der Waals surface area contributed by atoms with Crippen molar-refractivity contribution in [2.75, 3.05) is 22.8 Å². The lowest BCUT2D eigenvalue weighted by Gasteiger charge is -2.55. The van der Waals surface area contributed by atoms with Gasteiger partial charge in [-0.3, -0.25) is 4.21 Å². The minimum absolute atomic E-state index is 0.0202. The zero-order valence-corrected chi connectivity index (χ0v) is 18.4. The Labute approximate surface area is 187 Å². The molecule has 2 saturated heterocycles. The van der Waals surface area contributed by atoms with Gasteiger partial charge in [0.05, 0.1) is 17.2 Å². The van der Waals surface area contributed by atoms with Gasteiger partial charge in [-0.25, -0.2) is 9.97 Å². The summed E-state index contributed by atoms with van der Waals surface area (Å²) in [5, 5.41) is 13.8. The quantitative estimate of drug-likeness (QED) is 0.690. The van der Waals surface area contributed by atoms with Crippen LogP contribution in [0.3, 0.4) is 0 Å². The second kappa shape index (κ2) is 7.25. The highest BCUT2D eigenvalue weighted by Crippen LogP contribution is 2.48. The van der Waals surface area contributed by atoms with E-state index in [0.717, 1.165) is 44.3 Å². The van der Waals surface area contributed by atoms with Gasteiger partial charge >= 0.3 is 0 Å². The highest BCUT2D eigenvalue weighted by Gasteiger charge is 2.48. The molecule has 3 aliphatic heterocycles. The van der Waals surface area contributed by atoms with Gasteiger partial charge in [0.25, 0.3) is 0 Å². The molecule has 0 aromatic carbocycles. The first-order valence-corrected chi connectivity index (χ1v) is 12.3. The Hall–Kier alpha value is -2.04. The van der Waals surface area contributed by atoms with Crippen LogP contribution in [0.5, 0.6) is 5.88 Å². The van der Waals surface area contributed by atoms with Gasteiger partial charge in [-0.1, -0.05) is 11.6 Å². The SMILES string of the molecule is O=[S@]1COc2nc(N3C4CC(c5ncc(Cl)cn5)CC3C4)nc(NC3(CO)CCC3)c21. The standard InChI is InChI=1S/C20H23ClN6O3S/c21-12-7-22-16(23-8-12)11-4-13-6-14(5-11)27(13)19-24-17(26-20(9-28)2-1-3-20)15-18(25-19)30-10-31(15)29/h7-8,11,13-14,28H,1-6,9-10H2,(H,24,25,26)/t11?,13?,14?,31-/m0/s1. The molecule has 0 radical (unpaired) electrons. The Morgan fingerprint density at radius 1 is 1.23 bits per heavy atom. The third kappa shape index (κ3) is 3.18. The molecule has 5 heterocycles. The fourth-order valence-electron chi connectivity index (χ4n) is 5.21. The van der Waals surface area contributed by atoms with E-state index < -0.39 is 16.3 Å². The summed E-state index contributed by atoms with van der Waals surface area (Å²) in [5.41, 5.74) is -0.395. The molecule has 2 unspecified atom stereocenters. The number of rotatable bonds is 5. The van der Waals surface area contributed by atoms with Gasteiger partial charge in [-0.2, -0.15) is 9.97 Å². The molecule has 11 heteroatoms. The van der Waals surface area contributed by atoms with E-state index >= 15 is 0 Å². The van der Waals surface area contributed by atoms with E-state index in [-0.39, 0.29) is 12.5 Å². The zero-order chi connectivity index (χ0) is 21.2. The van der Waals surface area contributed by atoms with Crippen molar-refractivity contribution < 1.29 is 14.1 Å². The zero-order valence-electron chi connectivity index (χ0n) is 16.8. The van der Waals surface area contributed by atoms with Crippen molar-refractivity contribution in [2.45, 2.75) is 67.0 Å². The lowest BCUT2D eigenvalue weighted by molar-refractivity contribution is 0.143. The Balaban J connectivity index is 1.28. The number of hydrogen-bond donors (Lipinski definition) is 2. The largest absolute Gasteiger partial charge is 0.463 e. The number of piperidine rings is 1. The Bertz CT molecular complexity index is 1030. The van der Waals surface area contributed by atoms with Crippen molar-refractivity contribution in [1.82, 2.24) is 19.9 Å². The van der Waals surface area contributed by atoms with Crippen LogP contribution < -0.4 is 15.0 Å². The maximum atomic E-state index is 12.5. The summed E-state index contributed by atoms with van der Waals surface area (Å²) >= 11 is 5.93. The number of ether oxygens (including phenoxy) is 1. The van der Waals surface area contributed by atoms with Crippen LogP contribution >= 0.6 is 11.6 Å². The summed E-state index contributed by atoms with van der Waals surface area (Å²) in [6.07, 6.45) is 9.02. The molecule has 9 nitrogen and oxygen atoms in total. The molecule has 2 N–H and O–H groups in total. The van der Waals surface area contributed by atoms with Crippen LogP contribution in [0.1, 0.15) is 50.3 Å². The number of nitrogens with one attached hydrogen (secondary N) is 1. The summed E-state index contributed by atoms with van der Waals surface area (Å²) in [6.45, 7) is 0.0202. The molecule has 2 aromatic heterocycles. The first-order valence-electron chi connectivity index (χ1n) is 10.6. The molecule has 164 valence electrons. The van der Waals surface area contributed by atoms with E-state index in [1.807, 2.05) is 0 Å². The number of fused-ring (bicyclic) bond motifs is 3. The van der Waals surface area contributed by atoms with Gasteiger partial charge in [0.2, 0.25) is 11.8 Å². The van der Waals surface area contributed by atoms with Gasteiger partial charge in [-0.05, 0) is 38.5 Å². The Kier molecular flexibility index (Phi) is 4.59. The monoisotopic (exact) mass is 462 g/mol. The van der Waals surface area contributed by atoms with Crippen LogP contribution in [0.15, 0.2) is 17.3 Å². The average molecular weight is 463 g/mol. The lowest BCUT2D eigenvalue weighted by atomic mass is 9.73. The van der Waals surface area contributed by atoms with Crippen molar-refractivity contribution in [3.63, 3.8) is 0 Å². The molecule has 31 heavy (non-hydrogen) atoms. The fraction of sp³-hybridized carbons (Fsp3) is 0.600. The molecule has 7 rings (SSSR count). The normalized spacial score (nSPS) is 30.1. The second-order valence-electron chi connectivity index (χ2n) is 8.91. The van der Waals surface area contributed by atoms with E-state index in [9.17, 15) is 9.32 Å². The Morgan fingerprint density at radius 3 is 2.61 bits per heavy atom. The lowest BCUT2D eigenvalue weighted by Crippen LogP contribution is -2.61. The van der Waals surface area contributed by atoms with Crippen LogP contribution in [0.25, 0.3) is 0 Å². The van der Waals surface area contributed by atoms with E-state index in [0.29, 0.717) is 45.6 Å². The highest BCUT2D eigenvalue weighted by molar-refractivity contribution is 7.85. The fourth-order valence-corrected chi connectivity index (χ4v) is 6.26. The highest BCUT2D eigenvalue weighted by atomic mass is 35.5. The third-order valence-corrected chi connectivity index (χ3v) is 8.38. The van der Waals surface area contributed by atoms with Crippen LogP contribution in [0.2, 0.25) is 5.02 Å². The molecule has 3 atom stereocenters. The number of aliphatic hydroxyl groups is 1. The molecule has 2 bridgehead atoms. The second-order valence-corrected chi connectivity index (χ2v) is 10.7. The number of halogens is 1. The number of aliphatic hydroxyl groups excluding tert-OH is 1. The van der Waals surface area contributed by atoms with Crippen molar-refractivity contribution in [1.29, 1.82) is 0 Å². The molecule has 2 aromatic rings. The summed E-state index contributed by atoms with van der Waals surface area (Å²) in [7, 11) is -1.30. The van der Waals surface area contributed by atoms with Crippen LogP contribution in [-0.4, -0.2) is 59.4 Å². The molecule has 5 aliphatic rings. The van der Waals surface area contributed by atoms with Crippen molar-refractivity contribution in [3.8, 4) is 5.88 Å². The predicted molar refractivity (Wildman–Crippen MR) is 115 cm³/mol. The predicted octanol–water partition coefficient (Wildman–Crippen LogP) is 2.23. The molecular weight excluding hydrogens is 440 g/mol. The van der Waals surface area contributed by atoms with Crippen molar-refractivity contribution in [3.05, 3.63) is 23.2 Å². The molecule has 0 amide bonds. The summed E-state index contributed by atoms with van der Waals surface area (Å²) in [6, 6.07) is 0.604. The minimum atomic E-state index is -1.30. The molecule has 2 saturated carbocycles. The van der Waals surface area contributed by atoms with Gasteiger partial charge in [0.1, 0.15) is 21.5 Å². The number of hydrogen-bond acceptors (Lipinski definition) is 9. The molecular formula is C20H23ClN6O3S. The molecule has 4 fully saturated rings. The van der Waals surface area contributed by atoms with E-state index in [4.69, 9.17) is 21.3 Å². The van der Waals surface area contributed by atoms with E-state index in [1.54, 1.807) is 12.4 Å². The Morgan fingerprint density at radius 2 is 1.97 bits per heavy atom.